The van der Waals surface area contributed by atoms with Crippen molar-refractivity contribution in [2.24, 2.45) is 17.8 Å². The number of rotatable bonds is 8. The van der Waals surface area contributed by atoms with Crippen molar-refractivity contribution in [3.8, 4) is 0 Å². The lowest BCUT2D eigenvalue weighted by Crippen LogP contribution is -2.49. The molecule has 4 bridgehead atoms. The summed E-state index contributed by atoms with van der Waals surface area (Å²) >= 11 is 1.38. The number of benzene rings is 1. The van der Waals surface area contributed by atoms with E-state index in [1.807, 2.05) is 6.08 Å². The molecule has 0 saturated heterocycles. The number of amides is 1. The second-order valence-corrected chi connectivity index (χ2v) is 10.6. The predicted octanol–water partition coefficient (Wildman–Crippen LogP) is 4.36. The topological polar surface area (TPSA) is 97.1 Å². The van der Waals surface area contributed by atoms with Crippen LogP contribution >= 0.6 is 11.8 Å². The maximum atomic E-state index is 12.5. The Morgan fingerprint density at radius 2 is 1.75 bits per heavy atom. The lowest BCUT2D eigenvalue weighted by Gasteiger charge is -2.56. The molecule has 4 aliphatic carbocycles. The molecule has 0 aliphatic heterocycles. The Bertz CT molecular complexity index is 1010. The minimum atomic E-state index is -0.991. The Kier molecular flexibility index (Phi) is 5.57. The summed E-state index contributed by atoms with van der Waals surface area (Å²) in [5.41, 5.74) is 0.895. The van der Waals surface area contributed by atoms with Crippen LogP contribution in [0.3, 0.4) is 0 Å². The van der Waals surface area contributed by atoms with Crippen molar-refractivity contribution in [2.75, 3.05) is 11.1 Å². The zero-order valence-corrected chi connectivity index (χ0v) is 18.8. The number of carbonyl (C=O) groups is 2. The third kappa shape index (κ3) is 3.96. The molecule has 1 aromatic carbocycles. The zero-order valence-electron chi connectivity index (χ0n) is 18.0. The first-order chi connectivity index (χ1) is 15.5. The zero-order chi connectivity index (χ0) is 22.3. The van der Waals surface area contributed by atoms with Crippen molar-refractivity contribution in [1.29, 1.82) is 0 Å². The van der Waals surface area contributed by atoms with Crippen LogP contribution in [0.25, 0.3) is 0 Å². The SMILES string of the molecule is C=CCn1c(SCC(=O)Nc2ccc(C(=O)O)cc2)nnc1C12CC3CC(CC(C3)C1)C2. The van der Waals surface area contributed by atoms with Crippen molar-refractivity contribution in [3.63, 3.8) is 0 Å². The Labute approximate surface area is 191 Å². The Balaban J connectivity index is 1.28. The molecular weight excluding hydrogens is 424 g/mol. The van der Waals surface area contributed by atoms with Gasteiger partial charge < -0.3 is 15.0 Å². The van der Waals surface area contributed by atoms with Crippen LogP contribution in [-0.4, -0.2) is 37.5 Å². The van der Waals surface area contributed by atoms with E-state index in [0.717, 1.165) is 28.7 Å². The molecule has 4 saturated carbocycles. The molecule has 4 fully saturated rings. The summed E-state index contributed by atoms with van der Waals surface area (Å²) in [6.07, 6.45) is 9.66. The van der Waals surface area contributed by atoms with Crippen molar-refractivity contribution in [2.45, 2.75) is 55.6 Å². The van der Waals surface area contributed by atoms with Gasteiger partial charge in [-0.1, -0.05) is 17.8 Å². The second kappa shape index (κ2) is 8.39. The molecule has 1 aromatic heterocycles. The first-order valence-corrected chi connectivity index (χ1v) is 12.2. The van der Waals surface area contributed by atoms with E-state index >= 15 is 0 Å². The number of aromatic carboxylic acids is 1. The monoisotopic (exact) mass is 452 g/mol. The molecule has 0 radical (unpaired) electrons. The van der Waals surface area contributed by atoms with Gasteiger partial charge in [0.2, 0.25) is 5.91 Å². The highest BCUT2D eigenvalue weighted by Crippen LogP contribution is 2.60. The molecule has 4 aliphatic rings. The summed E-state index contributed by atoms with van der Waals surface area (Å²) in [6, 6.07) is 6.14. The quantitative estimate of drug-likeness (QED) is 0.456. The van der Waals surface area contributed by atoms with Crippen LogP contribution in [0.1, 0.15) is 54.7 Å². The van der Waals surface area contributed by atoms with Gasteiger partial charge in [-0.15, -0.1) is 16.8 Å². The van der Waals surface area contributed by atoms with E-state index < -0.39 is 5.97 Å². The third-order valence-corrected chi connectivity index (χ3v) is 8.26. The highest BCUT2D eigenvalue weighted by atomic mass is 32.2. The fourth-order valence-electron chi connectivity index (χ4n) is 6.49. The number of allylic oxidation sites excluding steroid dienone is 1. The molecule has 2 N–H and O–H groups in total. The number of nitrogens with zero attached hydrogens (tertiary/aromatic N) is 3. The maximum Gasteiger partial charge on any atom is 0.335 e. The van der Waals surface area contributed by atoms with Crippen LogP contribution in [0.2, 0.25) is 0 Å². The Hall–Kier alpha value is -2.61. The molecule has 0 spiro atoms. The van der Waals surface area contributed by atoms with Crippen LogP contribution < -0.4 is 5.32 Å². The number of aromatic nitrogens is 3. The van der Waals surface area contributed by atoms with E-state index in [9.17, 15) is 9.59 Å². The summed E-state index contributed by atoms with van der Waals surface area (Å²) in [4.78, 5) is 23.4. The van der Waals surface area contributed by atoms with Gasteiger partial charge in [0, 0.05) is 17.6 Å². The molecule has 0 unspecified atom stereocenters. The van der Waals surface area contributed by atoms with E-state index in [1.54, 1.807) is 12.1 Å². The fourth-order valence-corrected chi connectivity index (χ4v) is 7.24. The van der Waals surface area contributed by atoms with Crippen molar-refractivity contribution in [1.82, 2.24) is 14.8 Å². The molecule has 8 heteroatoms. The number of nitrogens with one attached hydrogen (secondary N) is 1. The molecule has 2 aromatic rings. The molecule has 1 amide bonds. The van der Waals surface area contributed by atoms with Gasteiger partial charge in [-0.25, -0.2) is 4.79 Å². The van der Waals surface area contributed by atoms with Gasteiger partial charge in [0.1, 0.15) is 5.82 Å². The minimum Gasteiger partial charge on any atom is -0.478 e. The van der Waals surface area contributed by atoms with E-state index in [0.29, 0.717) is 12.2 Å². The van der Waals surface area contributed by atoms with Gasteiger partial charge in [0.25, 0.3) is 0 Å². The van der Waals surface area contributed by atoms with Gasteiger partial charge >= 0.3 is 5.97 Å². The number of hydrogen-bond donors (Lipinski definition) is 2. The van der Waals surface area contributed by atoms with Crippen molar-refractivity contribution < 1.29 is 14.7 Å². The van der Waals surface area contributed by atoms with Gasteiger partial charge in [-0.05, 0) is 80.5 Å². The Morgan fingerprint density at radius 1 is 1.12 bits per heavy atom. The van der Waals surface area contributed by atoms with Gasteiger partial charge in [-0.3, -0.25) is 4.79 Å². The highest BCUT2D eigenvalue weighted by molar-refractivity contribution is 7.99. The van der Waals surface area contributed by atoms with Crippen molar-refractivity contribution in [3.05, 3.63) is 48.3 Å². The number of carboxylic acid groups (broad SMARTS) is 1. The number of carboxylic acids is 1. The van der Waals surface area contributed by atoms with E-state index in [2.05, 4.69) is 26.7 Å². The molecule has 32 heavy (non-hydrogen) atoms. The van der Waals surface area contributed by atoms with Crippen LogP contribution in [0.5, 0.6) is 0 Å². The number of anilines is 1. The van der Waals surface area contributed by atoms with Crippen LogP contribution in [0.15, 0.2) is 42.1 Å². The summed E-state index contributed by atoms with van der Waals surface area (Å²) in [5, 5.41) is 21.7. The summed E-state index contributed by atoms with van der Waals surface area (Å²) in [5.74, 6) is 2.61. The summed E-state index contributed by atoms with van der Waals surface area (Å²) < 4.78 is 2.17. The minimum absolute atomic E-state index is 0.137. The highest BCUT2D eigenvalue weighted by Gasteiger charge is 2.53. The molecule has 7 nitrogen and oxygen atoms in total. The van der Waals surface area contributed by atoms with E-state index in [-0.39, 0.29) is 22.6 Å². The van der Waals surface area contributed by atoms with Gasteiger partial charge in [0.05, 0.1) is 11.3 Å². The molecule has 1 heterocycles. The maximum absolute atomic E-state index is 12.5. The molecular formula is C24H28N4O3S. The van der Waals surface area contributed by atoms with Gasteiger partial charge in [0.15, 0.2) is 5.16 Å². The van der Waals surface area contributed by atoms with Crippen LogP contribution in [0, 0.1) is 17.8 Å². The average Bonchev–Trinajstić information content (AvgIpc) is 3.15. The lowest BCUT2D eigenvalue weighted by atomic mass is 9.49. The van der Waals surface area contributed by atoms with E-state index in [4.69, 9.17) is 5.11 Å². The lowest BCUT2D eigenvalue weighted by molar-refractivity contribution is -0.113. The molecule has 0 atom stereocenters. The first kappa shape index (κ1) is 21.2. The standard InChI is InChI=1S/C24H28N4O3S/c1-2-7-28-22(24-11-15-8-16(12-24)10-17(9-15)13-24)26-27-23(28)32-14-20(29)25-19-5-3-18(4-6-19)21(30)31/h2-6,15-17H,1,7-14H2,(H,25,29)(H,30,31). The van der Waals surface area contributed by atoms with E-state index in [1.165, 1.54) is 62.4 Å². The largest absolute Gasteiger partial charge is 0.478 e. The smallest absolute Gasteiger partial charge is 0.335 e. The Morgan fingerprint density at radius 3 is 2.31 bits per heavy atom. The number of thioether (sulfide) groups is 1. The first-order valence-electron chi connectivity index (χ1n) is 11.3. The average molecular weight is 453 g/mol. The predicted molar refractivity (Wildman–Crippen MR) is 123 cm³/mol. The normalized spacial score (nSPS) is 27.9. The number of carbonyl (C=O) groups excluding carboxylic acids is 1. The molecule has 168 valence electrons. The summed E-state index contributed by atoms with van der Waals surface area (Å²) in [7, 11) is 0. The van der Waals surface area contributed by atoms with Crippen LogP contribution in [0.4, 0.5) is 5.69 Å². The van der Waals surface area contributed by atoms with Crippen LogP contribution in [-0.2, 0) is 16.8 Å². The summed E-state index contributed by atoms with van der Waals surface area (Å²) in [6.45, 7) is 4.57. The van der Waals surface area contributed by atoms with Gasteiger partial charge in [-0.2, -0.15) is 0 Å². The van der Waals surface area contributed by atoms with Crippen molar-refractivity contribution >= 4 is 29.3 Å². The number of hydrogen-bond acceptors (Lipinski definition) is 5. The third-order valence-electron chi connectivity index (χ3n) is 7.29. The fraction of sp³-hybridized carbons (Fsp3) is 0.500. The second-order valence-electron chi connectivity index (χ2n) is 9.62. The molecule has 6 rings (SSSR count).